The summed E-state index contributed by atoms with van der Waals surface area (Å²) in [6, 6.07) is 7.46. The summed E-state index contributed by atoms with van der Waals surface area (Å²) in [5, 5.41) is 7.16. The Kier molecular flexibility index (Phi) is 3.62. The average molecular weight is 309 g/mol. The molecule has 1 aliphatic rings. The molecule has 3 nitrogen and oxygen atoms in total. The predicted molar refractivity (Wildman–Crippen MR) is 78.9 cm³/mol. The molecule has 0 fully saturated rings. The minimum atomic E-state index is -4.31. The van der Waals surface area contributed by atoms with Gasteiger partial charge < -0.3 is 5.32 Å². The van der Waals surface area contributed by atoms with Crippen LogP contribution in [0.2, 0.25) is 0 Å². The van der Waals surface area contributed by atoms with Gasteiger partial charge in [0.15, 0.2) is 6.04 Å². The molecule has 1 aliphatic heterocycles. The van der Waals surface area contributed by atoms with E-state index < -0.39 is 12.2 Å². The van der Waals surface area contributed by atoms with Crippen molar-refractivity contribution >= 4 is 5.82 Å². The third kappa shape index (κ3) is 2.69. The Bertz CT molecular complexity index is 658. The molecular formula is C16H18F3N3. The summed E-state index contributed by atoms with van der Waals surface area (Å²) >= 11 is 0. The maximum atomic E-state index is 13.3. The number of nitrogens with zero attached hydrogens (tertiary/aromatic N) is 2. The first-order valence-corrected chi connectivity index (χ1v) is 7.36. The Labute approximate surface area is 127 Å². The Balaban J connectivity index is 1.95. The largest absolute Gasteiger partial charge is 0.410 e. The van der Waals surface area contributed by atoms with E-state index >= 15 is 0 Å². The summed E-state index contributed by atoms with van der Waals surface area (Å²) in [6.45, 7) is 3.75. The standard InChI is InChI=1S/C16H18F3N3/c1-3-11-4-6-12(7-5-11)13-9-14(16(17,18)19)22-15(20-13)8-10(2)21-22/h4-8,13-14,20H,3,9H2,1-2H3/t13-,14-/m1/s1. The van der Waals surface area contributed by atoms with Gasteiger partial charge in [-0.3, -0.25) is 0 Å². The molecule has 6 heteroatoms. The normalized spacial score (nSPS) is 21.3. The molecule has 1 N–H and O–H groups in total. The quantitative estimate of drug-likeness (QED) is 0.890. The molecule has 118 valence electrons. The lowest BCUT2D eigenvalue weighted by Crippen LogP contribution is -2.35. The van der Waals surface area contributed by atoms with Gasteiger partial charge >= 0.3 is 6.18 Å². The van der Waals surface area contributed by atoms with E-state index in [1.165, 1.54) is 5.56 Å². The fourth-order valence-corrected chi connectivity index (χ4v) is 2.90. The van der Waals surface area contributed by atoms with Crippen molar-refractivity contribution in [3.63, 3.8) is 0 Å². The first-order valence-electron chi connectivity index (χ1n) is 7.36. The zero-order chi connectivity index (χ0) is 15.9. The van der Waals surface area contributed by atoms with Gasteiger partial charge in [-0.05, 0) is 24.5 Å². The van der Waals surface area contributed by atoms with Crippen LogP contribution in [0.15, 0.2) is 30.3 Å². The van der Waals surface area contributed by atoms with E-state index in [4.69, 9.17) is 0 Å². The average Bonchev–Trinajstić information content (AvgIpc) is 2.85. The van der Waals surface area contributed by atoms with E-state index in [-0.39, 0.29) is 12.5 Å². The van der Waals surface area contributed by atoms with Gasteiger partial charge in [0.2, 0.25) is 0 Å². The van der Waals surface area contributed by atoms with Gasteiger partial charge in [-0.15, -0.1) is 0 Å². The van der Waals surface area contributed by atoms with Crippen molar-refractivity contribution < 1.29 is 13.2 Å². The number of rotatable bonds is 2. The van der Waals surface area contributed by atoms with Gasteiger partial charge in [0.05, 0.1) is 11.7 Å². The van der Waals surface area contributed by atoms with Crippen LogP contribution in [0.25, 0.3) is 0 Å². The molecule has 0 bridgehead atoms. The van der Waals surface area contributed by atoms with Crippen molar-refractivity contribution in [2.75, 3.05) is 5.32 Å². The summed E-state index contributed by atoms with van der Waals surface area (Å²) < 4.78 is 41.1. The second-order valence-electron chi connectivity index (χ2n) is 5.70. The van der Waals surface area contributed by atoms with Crippen molar-refractivity contribution in [3.8, 4) is 0 Å². The van der Waals surface area contributed by atoms with E-state index in [1.54, 1.807) is 13.0 Å². The number of benzene rings is 1. The number of hydrogen-bond acceptors (Lipinski definition) is 2. The monoisotopic (exact) mass is 309 g/mol. The zero-order valence-electron chi connectivity index (χ0n) is 12.5. The number of aryl methyl sites for hydroxylation is 2. The summed E-state index contributed by atoms with van der Waals surface area (Å²) in [5.74, 6) is 0.427. The topological polar surface area (TPSA) is 29.9 Å². The highest BCUT2D eigenvalue weighted by Gasteiger charge is 2.46. The summed E-state index contributed by atoms with van der Waals surface area (Å²) in [7, 11) is 0. The third-order valence-corrected chi connectivity index (χ3v) is 4.10. The maximum Gasteiger partial charge on any atom is 0.410 e. The van der Waals surface area contributed by atoms with Gasteiger partial charge in [0.25, 0.3) is 0 Å². The summed E-state index contributed by atoms with van der Waals surface area (Å²) in [6.07, 6.45) is -3.45. The molecule has 0 unspecified atom stereocenters. The molecule has 0 saturated carbocycles. The van der Waals surface area contributed by atoms with Gasteiger partial charge in [0, 0.05) is 12.5 Å². The van der Waals surface area contributed by atoms with Crippen molar-refractivity contribution in [3.05, 3.63) is 47.2 Å². The molecule has 0 radical (unpaired) electrons. The van der Waals surface area contributed by atoms with Crippen molar-refractivity contribution in [1.82, 2.24) is 9.78 Å². The van der Waals surface area contributed by atoms with Crippen LogP contribution in [0.4, 0.5) is 19.0 Å². The van der Waals surface area contributed by atoms with Crippen LogP contribution < -0.4 is 5.32 Å². The highest BCUT2D eigenvalue weighted by molar-refractivity contribution is 5.43. The number of halogens is 3. The van der Waals surface area contributed by atoms with Crippen LogP contribution in [0.5, 0.6) is 0 Å². The molecule has 0 amide bonds. The fourth-order valence-electron chi connectivity index (χ4n) is 2.90. The molecule has 0 spiro atoms. The number of fused-ring (bicyclic) bond motifs is 1. The van der Waals surface area contributed by atoms with E-state index in [0.29, 0.717) is 11.5 Å². The molecule has 0 saturated heterocycles. The Morgan fingerprint density at radius 2 is 1.95 bits per heavy atom. The molecule has 2 heterocycles. The highest BCUT2D eigenvalue weighted by Crippen LogP contribution is 2.43. The van der Waals surface area contributed by atoms with Crippen molar-refractivity contribution in [2.24, 2.45) is 0 Å². The molecular weight excluding hydrogens is 291 g/mol. The van der Waals surface area contributed by atoms with Crippen LogP contribution in [-0.4, -0.2) is 16.0 Å². The molecule has 2 atom stereocenters. The lowest BCUT2D eigenvalue weighted by molar-refractivity contribution is -0.173. The van der Waals surface area contributed by atoms with Crippen LogP contribution >= 0.6 is 0 Å². The van der Waals surface area contributed by atoms with Crippen LogP contribution in [-0.2, 0) is 6.42 Å². The Morgan fingerprint density at radius 1 is 1.27 bits per heavy atom. The first-order chi connectivity index (χ1) is 10.4. The molecule has 0 aliphatic carbocycles. The minimum Gasteiger partial charge on any atom is -0.363 e. The Hall–Kier alpha value is -1.98. The number of anilines is 1. The zero-order valence-corrected chi connectivity index (χ0v) is 12.5. The molecule has 1 aromatic heterocycles. The van der Waals surface area contributed by atoms with Crippen molar-refractivity contribution in [1.29, 1.82) is 0 Å². The van der Waals surface area contributed by atoms with Crippen LogP contribution in [0.1, 0.15) is 42.2 Å². The number of nitrogens with one attached hydrogen (secondary N) is 1. The maximum absolute atomic E-state index is 13.3. The van der Waals surface area contributed by atoms with E-state index in [0.717, 1.165) is 16.7 Å². The lowest BCUT2D eigenvalue weighted by atomic mass is 9.96. The van der Waals surface area contributed by atoms with Crippen LogP contribution in [0, 0.1) is 6.92 Å². The summed E-state index contributed by atoms with van der Waals surface area (Å²) in [5.41, 5.74) is 2.63. The second kappa shape index (κ2) is 5.34. The SMILES string of the molecule is CCc1ccc([C@H]2C[C@H](C(F)(F)F)n3nc(C)cc3N2)cc1. The van der Waals surface area contributed by atoms with Gasteiger partial charge in [-0.25, -0.2) is 4.68 Å². The Morgan fingerprint density at radius 3 is 2.55 bits per heavy atom. The molecule has 2 aromatic rings. The number of aromatic nitrogens is 2. The second-order valence-corrected chi connectivity index (χ2v) is 5.70. The first kappa shape index (κ1) is 14.9. The minimum absolute atomic E-state index is 0.0525. The number of hydrogen-bond donors (Lipinski definition) is 1. The highest BCUT2D eigenvalue weighted by atomic mass is 19.4. The molecule has 1 aromatic carbocycles. The molecule has 22 heavy (non-hydrogen) atoms. The van der Waals surface area contributed by atoms with E-state index in [9.17, 15) is 13.2 Å². The summed E-state index contributed by atoms with van der Waals surface area (Å²) in [4.78, 5) is 0. The van der Waals surface area contributed by atoms with E-state index in [1.807, 2.05) is 24.3 Å². The number of alkyl halides is 3. The van der Waals surface area contributed by atoms with Crippen molar-refractivity contribution in [2.45, 2.75) is 44.9 Å². The van der Waals surface area contributed by atoms with Gasteiger partial charge in [0.1, 0.15) is 5.82 Å². The van der Waals surface area contributed by atoms with Gasteiger partial charge in [-0.2, -0.15) is 18.3 Å². The predicted octanol–water partition coefficient (Wildman–Crippen LogP) is 4.41. The smallest absolute Gasteiger partial charge is 0.363 e. The van der Waals surface area contributed by atoms with Crippen LogP contribution in [0.3, 0.4) is 0 Å². The van der Waals surface area contributed by atoms with E-state index in [2.05, 4.69) is 17.3 Å². The third-order valence-electron chi connectivity index (χ3n) is 4.10. The fraction of sp³-hybridized carbons (Fsp3) is 0.438. The lowest BCUT2D eigenvalue weighted by Gasteiger charge is -2.33. The van der Waals surface area contributed by atoms with Gasteiger partial charge in [-0.1, -0.05) is 31.2 Å². The molecule has 3 rings (SSSR count).